The maximum absolute atomic E-state index is 12.0. The molecule has 138 valence electrons. The smallest absolute Gasteiger partial charge is 0.377 e. The summed E-state index contributed by atoms with van der Waals surface area (Å²) in [7, 11) is 0. The molecule has 0 unspecified atom stereocenters. The van der Waals surface area contributed by atoms with Gasteiger partial charge in [0.15, 0.2) is 0 Å². The Labute approximate surface area is 154 Å². The van der Waals surface area contributed by atoms with Gasteiger partial charge in [0, 0.05) is 0 Å². The van der Waals surface area contributed by atoms with Crippen molar-refractivity contribution in [3.05, 3.63) is 71.7 Å². The number of hydrogen-bond donors (Lipinski definition) is 0. The molecule has 0 aliphatic carbocycles. The maximum atomic E-state index is 12.0. The number of aryl methyl sites for hydroxylation is 2. The number of carbonyl (C=O) groups is 1. The van der Waals surface area contributed by atoms with Gasteiger partial charge >= 0.3 is 5.97 Å². The summed E-state index contributed by atoms with van der Waals surface area (Å²) in [6.45, 7) is 6.65. The fraction of sp³-hybridized carbons (Fsp3) is 0.286. The largest absolute Gasteiger partial charge is 0.493 e. The van der Waals surface area contributed by atoms with Crippen molar-refractivity contribution in [3.8, 4) is 11.5 Å². The molecule has 0 aromatic heterocycles. The Hall–Kier alpha value is -2.95. The first-order valence-corrected chi connectivity index (χ1v) is 8.51. The molecule has 0 heterocycles. The minimum atomic E-state index is -0.577. The molecule has 0 amide bonds. The van der Waals surface area contributed by atoms with E-state index in [0.717, 1.165) is 16.9 Å². The second-order valence-electron chi connectivity index (χ2n) is 5.66. The molecule has 0 atom stereocenters. The van der Waals surface area contributed by atoms with Crippen LogP contribution in [0, 0.1) is 13.8 Å². The summed E-state index contributed by atoms with van der Waals surface area (Å²) < 4.78 is 21.6. The van der Waals surface area contributed by atoms with E-state index < -0.39 is 5.97 Å². The van der Waals surface area contributed by atoms with Crippen molar-refractivity contribution in [2.24, 2.45) is 0 Å². The summed E-state index contributed by atoms with van der Waals surface area (Å²) in [5.41, 5.74) is 2.28. The first-order valence-electron chi connectivity index (χ1n) is 8.51. The lowest BCUT2D eigenvalue weighted by atomic mass is 10.1. The van der Waals surface area contributed by atoms with Gasteiger partial charge in [-0.2, -0.15) is 0 Å². The quantitative estimate of drug-likeness (QED) is 0.292. The fourth-order valence-electron chi connectivity index (χ4n) is 2.29. The number of carbonyl (C=O) groups excluding carboxylic acids is 1. The zero-order valence-electron chi connectivity index (χ0n) is 15.4. The van der Waals surface area contributed by atoms with Crippen LogP contribution < -0.4 is 9.47 Å². The maximum Gasteiger partial charge on any atom is 0.377 e. The minimum absolute atomic E-state index is 0.00977. The number of benzene rings is 2. The zero-order valence-corrected chi connectivity index (χ0v) is 15.4. The Morgan fingerprint density at radius 3 is 2.31 bits per heavy atom. The molecule has 26 heavy (non-hydrogen) atoms. The Morgan fingerprint density at radius 1 is 0.962 bits per heavy atom. The van der Waals surface area contributed by atoms with E-state index in [-0.39, 0.29) is 19.0 Å². The van der Waals surface area contributed by atoms with Crippen molar-refractivity contribution in [2.45, 2.75) is 20.8 Å². The Balaban J connectivity index is 1.89. The van der Waals surface area contributed by atoms with E-state index in [1.54, 1.807) is 19.1 Å². The van der Waals surface area contributed by atoms with Crippen LogP contribution in [0.1, 0.15) is 18.1 Å². The monoisotopic (exact) mass is 356 g/mol. The molecule has 2 aromatic rings. The summed E-state index contributed by atoms with van der Waals surface area (Å²) in [4.78, 5) is 12.0. The average Bonchev–Trinajstić information content (AvgIpc) is 2.60. The van der Waals surface area contributed by atoms with E-state index in [4.69, 9.17) is 18.9 Å². The summed E-state index contributed by atoms with van der Waals surface area (Å²) in [6.07, 6.45) is 1.26. The van der Waals surface area contributed by atoms with Crippen LogP contribution in [0.3, 0.4) is 0 Å². The predicted octanol–water partition coefficient (Wildman–Crippen LogP) is 4.18. The highest BCUT2D eigenvalue weighted by molar-refractivity contribution is 5.86. The zero-order chi connectivity index (χ0) is 18.8. The minimum Gasteiger partial charge on any atom is -0.493 e. The topological polar surface area (TPSA) is 54.0 Å². The number of esters is 1. The van der Waals surface area contributed by atoms with Gasteiger partial charge < -0.3 is 18.9 Å². The second-order valence-corrected chi connectivity index (χ2v) is 5.66. The number of rotatable bonds is 9. The van der Waals surface area contributed by atoms with Gasteiger partial charge in [0.05, 0.1) is 6.61 Å². The molecule has 0 saturated carbocycles. The molecule has 5 nitrogen and oxygen atoms in total. The first kappa shape index (κ1) is 19.4. The Bertz CT molecular complexity index is 717. The lowest BCUT2D eigenvalue weighted by Crippen LogP contribution is -2.14. The van der Waals surface area contributed by atoms with Crippen LogP contribution in [0.4, 0.5) is 0 Å². The van der Waals surface area contributed by atoms with Crippen LogP contribution in [0.25, 0.3) is 0 Å². The number of ether oxygens (including phenoxy) is 4. The normalized spacial score (nSPS) is 11.0. The van der Waals surface area contributed by atoms with Crippen molar-refractivity contribution in [1.82, 2.24) is 0 Å². The van der Waals surface area contributed by atoms with Gasteiger partial charge in [0.25, 0.3) is 0 Å². The lowest BCUT2D eigenvalue weighted by molar-refractivity contribution is -0.141. The average molecular weight is 356 g/mol. The van der Waals surface area contributed by atoms with Gasteiger partial charge in [-0.3, -0.25) is 0 Å². The SMILES string of the molecule is CCOC(=O)C(=COCCOc1cc(C)cc(C)c1)Oc1ccccc1. The van der Waals surface area contributed by atoms with E-state index in [2.05, 4.69) is 6.07 Å². The lowest BCUT2D eigenvalue weighted by Gasteiger charge is -2.10. The molecule has 0 aliphatic rings. The third kappa shape index (κ3) is 6.51. The number of hydrogen-bond acceptors (Lipinski definition) is 5. The van der Waals surface area contributed by atoms with E-state index in [0.29, 0.717) is 12.4 Å². The van der Waals surface area contributed by atoms with E-state index in [1.165, 1.54) is 6.26 Å². The molecule has 2 rings (SSSR count). The van der Waals surface area contributed by atoms with E-state index >= 15 is 0 Å². The van der Waals surface area contributed by atoms with Crippen molar-refractivity contribution in [2.75, 3.05) is 19.8 Å². The van der Waals surface area contributed by atoms with Gasteiger partial charge in [-0.15, -0.1) is 0 Å². The van der Waals surface area contributed by atoms with Gasteiger partial charge in [-0.1, -0.05) is 24.3 Å². The molecule has 0 radical (unpaired) electrons. The van der Waals surface area contributed by atoms with Crippen LogP contribution in [-0.2, 0) is 14.3 Å². The van der Waals surface area contributed by atoms with Crippen LogP contribution in [0.5, 0.6) is 11.5 Å². The third-order valence-corrected chi connectivity index (χ3v) is 3.30. The third-order valence-electron chi connectivity index (χ3n) is 3.30. The molecule has 0 fully saturated rings. The molecule has 0 N–H and O–H groups in total. The predicted molar refractivity (Wildman–Crippen MR) is 99.1 cm³/mol. The fourth-order valence-corrected chi connectivity index (χ4v) is 2.29. The Kier molecular flexibility index (Phi) is 7.55. The van der Waals surface area contributed by atoms with Crippen LogP contribution in [-0.4, -0.2) is 25.8 Å². The highest BCUT2D eigenvalue weighted by atomic mass is 16.6. The van der Waals surface area contributed by atoms with Crippen molar-refractivity contribution >= 4 is 5.97 Å². The van der Waals surface area contributed by atoms with Gasteiger partial charge in [-0.05, 0) is 56.2 Å². The molecular weight excluding hydrogens is 332 g/mol. The Morgan fingerprint density at radius 2 is 1.65 bits per heavy atom. The van der Waals surface area contributed by atoms with Crippen molar-refractivity contribution in [3.63, 3.8) is 0 Å². The molecule has 2 aromatic carbocycles. The van der Waals surface area contributed by atoms with E-state index in [9.17, 15) is 4.79 Å². The van der Waals surface area contributed by atoms with Crippen molar-refractivity contribution < 1.29 is 23.7 Å². The summed E-state index contributed by atoms with van der Waals surface area (Å²) in [5, 5.41) is 0. The molecule has 5 heteroatoms. The van der Waals surface area contributed by atoms with Crippen LogP contribution in [0.15, 0.2) is 60.6 Å². The standard InChI is InChI=1S/C21H24O5/c1-4-24-21(22)20(26-18-8-6-5-7-9-18)15-23-10-11-25-19-13-16(2)12-17(3)14-19/h5-9,12-15H,4,10-11H2,1-3H3. The molecule has 0 saturated heterocycles. The van der Waals surface area contributed by atoms with Gasteiger partial charge in [0.1, 0.15) is 31.0 Å². The van der Waals surface area contributed by atoms with Crippen LogP contribution >= 0.6 is 0 Å². The second kappa shape index (κ2) is 10.1. The number of para-hydroxylation sites is 1. The van der Waals surface area contributed by atoms with Gasteiger partial charge in [-0.25, -0.2) is 4.79 Å². The van der Waals surface area contributed by atoms with Crippen LogP contribution in [0.2, 0.25) is 0 Å². The highest BCUT2D eigenvalue weighted by Crippen LogP contribution is 2.16. The molecule has 0 bridgehead atoms. The summed E-state index contributed by atoms with van der Waals surface area (Å²) in [5.74, 6) is 0.735. The highest BCUT2D eigenvalue weighted by Gasteiger charge is 2.14. The van der Waals surface area contributed by atoms with Crippen molar-refractivity contribution in [1.29, 1.82) is 0 Å². The van der Waals surface area contributed by atoms with Gasteiger partial charge in [0.2, 0.25) is 5.76 Å². The first-order chi connectivity index (χ1) is 12.6. The summed E-state index contributed by atoms with van der Waals surface area (Å²) in [6, 6.07) is 15.0. The molecular formula is C21H24O5. The summed E-state index contributed by atoms with van der Waals surface area (Å²) >= 11 is 0. The van der Waals surface area contributed by atoms with E-state index in [1.807, 2.05) is 44.2 Å². The molecule has 0 aliphatic heterocycles. The molecule has 0 spiro atoms.